The van der Waals surface area contributed by atoms with Gasteiger partial charge < -0.3 is 10.1 Å². The Hall–Kier alpha value is -2.32. The molecule has 0 spiro atoms. The van der Waals surface area contributed by atoms with Gasteiger partial charge in [0.2, 0.25) is 10.0 Å². The minimum atomic E-state index is -3.61. The zero-order valence-electron chi connectivity index (χ0n) is 14.5. The van der Waals surface area contributed by atoms with Gasteiger partial charge in [0.25, 0.3) is 5.91 Å². The van der Waals surface area contributed by atoms with Crippen LogP contribution in [-0.4, -0.2) is 39.8 Å². The maximum absolute atomic E-state index is 12.9. The summed E-state index contributed by atoms with van der Waals surface area (Å²) in [7, 11) is -3.61. The van der Waals surface area contributed by atoms with Gasteiger partial charge in [-0.2, -0.15) is 0 Å². The van der Waals surface area contributed by atoms with Crippen molar-refractivity contribution in [3.63, 3.8) is 0 Å². The van der Waals surface area contributed by atoms with Crippen molar-refractivity contribution in [2.24, 2.45) is 0 Å². The van der Waals surface area contributed by atoms with Crippen LogP contribution in [0, 0.1) is 5.82 Å². The van der Waals surface area contributed by atoms with Gasteiger partial charge in [-0.15, -0.1) is 0 Å². The smallest absolute Gasteiger partial charge is 0.263 e. The van der Waals surface area contributed by atoms with E-state index in [2.05, 4.69) is 5.32 Å². The molecule has 1 aliphatic heterocycles. The minimum absolute atomic E-state index is 0.144. The number of hydrogen-bond acceptors (Lipinski definition) is 4. The summed E-state index contributed by atoms with van der Waals surface area (Å²) in [5.41, 5.74) is 1.18. The van der Waals surface area contributed by atoms with E-state index in [9.17, 15) is 17.6 Å². The van der Waals surface area contributed by atoms with E-state index in [0.717, 1.165) is 16.1 Å². The average Bonchev–Trinajstić information content (AvgIpc) is 2.61. The predicted octanol–water partition coefficient (Wildman–Crippen LogP) is 2.37. The number of amides is 1. The van der Waals surface area contributed by atoms with Gasteiger partial charge in [0, 0.05) is 11.6 Å². The molecule has 1 aliphatic rings. The second kappa shape index (κ2) is 7.74. The van der Waals surface area contributed by atoms with Crippen LogP contribution in [0.15, 0.2) is 42.5 Å². The normalized spacial score (nSPS) is 16.4. The Morgan fingerprint density at radius 1 is 1.30 bits per heavy atom. The fraction of sp³-hybridized carbons (Fsp3) is 0.278. The molecule has 0 radical (unpaired) electrons. The molecule has 1 amide bonds. The molecule has 3 rings (SSSR count). The first-order valence-electron chi connectivity index (χ1n) is 8.20. The van der Waals surface area contributed by atoms with Crippen molar-refractivity contribution in [2.45, 2.75) is 12.5 Å². The third-order valence-corrected chi connectivity index (χ3v) is 5.49. The number of carbonyl (C=O) groups is 1. The fourth-order valence-corrected chi connectivity index (χ4v) is 3.84. The zero-order valence-corrected chi connectivity index (χ0v) is 16.1. The molecule has 2 aromatic carbocycles. The molecule has 1 N–H and O–H groups in total. The number of anilines is 1. The van der Waals surface area contributed by atoms with Crippen LogP contribution in [0.25, 0.3) is 0 Å². The number of sulfonamides is 1. The molecular weight excluding hydrogens is 395 g/mol. The van der Waals surface area contributed by atoms with Gasteiger partial charge in [-0.3, -0.25) is 9.10 Å². The Morgan fingerprint density at radius 2 is 2.00 bits per heavy atom. The number of carbonyl (C=O) groups excluding carboxylic acids is 1. The first kappa shape index (κ1) is 19.4. The lowest BCUT2D eigenvalue weighted by Crippen LogP contribution is -2.50. The molecule has 1 heterocycles. The number of benzene rings is 2. The van der Waals surface area contributed by atoms with E-state index in [1.165, 1.54) is 24.3 Å². The summed E-state index contributed by atoms with van der Waals surface area (Å²) in [6.45, 7) is 0.172. The van der Waals surface area contributed by atoms with E-state index >= 15 is 0 Å². The van der Waals surface area contributed by atoms with E-state index in [1.54, 1.807) is 18.2 Å². The minimum Gasteiger partial charge on any atom is -0.476 e. The van der Waals surface area contributed by atoms with Crippen molar-refractivity contribution in [1.82, 2.24) is 5.32 Å². The first-order chi connectivity index (χ1) is 12.7. The van der Waals surface area contributed by atoms with Gasteiger partial charge in [-0.1, -0.05) is 23.7 Å². The van der Waals surface area contributed by atoms with E-state index in [4.69, 9.17) is 16.3 Å². The SMILES string of the molecule is CS(=O)(=O)N1CC(C(=O)NCCc2ccc(F)cc2)Oc2ccc(Cl)cc21. The lowest BCUT2D eigenvalue weighted by Gasteiger charge is -2.34. The van der Waals surface area contributed by atoms with Crippen LogP contribution in [0.3, 0.4) is 0 Å². The lowest BCUT2D eigenvalue weighted by atomic mass is 10.1. The zero-order chi connectivity index (χ0) is 19.6. The van der Waals surface area contributed by atoms with Crippen LogP contribution in [0.1, 0.15) is 5.56 Å². The molecule has 1 atom stereocenters. The van der Waals surface area contributed by atoms with Crippen LogP contribution >= 0.6 is 11.6 Å². The first-order valence-corrected chi connectivity index (χ1v) is 10.4. The molecule has 0 saturated carbocycles. The highest BCUT2D eigenvalue weighted by atomic mass is 35.5. The molecule has 27 heavy (non-hydrogen) atoms. The highest BCUT2D eigenvalue weighted by Crippen LogP contribution is 2.37. The molecule has 1 unspecified atom stereocenters. The summed E-state index contributed by atoms with van der Waals surface area (Å²) in [6.07, 6.45) is 0.592. The molecular formula is C18H18ClFN2O4S. The Bertz CT molecular complexity index is 950. The number of ether oxygens (including phenoxy) is 1. The second-order valence-corrected chi connectivity index (χ2v) is 8.52. The number of nitrogens with zero attached hydrogens (tertiary/aromatic N) is 1. The summed E-state index contributed by atoms with van der Waals surface area (Å²) < 4.78 is 43.9. The Labute approximate surface area is 161 Å². The number of nitrogens with one attached hydrogen (secondary N) is 1. The molecule has 144 valence electrons. The van der Waals surface area contributed by atoms with Crippen molar-refractivity contribution in [3.05, 3.63) is 58.9 Å². The van der Waals surface area contributed by atoms with E-state index < -0.39 is 22.0 Å². The van der Waals surface area contributed by atoms with Gasteiger partial charge in [0.1, 0.15) is 11.6 Å². The van der Waals surface area contributed by atoms with Gasteiger partial charge in [0.05, 0.1) is 18.5 Å². The van der Waals surface area contributed by atoms with E-state index in [-0.39, 0.29) is 18.1 Å². The third-order valence-electron chi connectivity index (χ3n) is 4.11. The van der Waals surface area contributed by atoms with Crippen molar-refractivity contribution < 1.29 is 22.3 Å². The lowest BCUT2D eigenvalue weighted by molar-refractivity contribution is -0.127. The van der Waals surface area contributed by atoms with E-state index in [1.807, 2.05) is 0 Å². The number of fused-ring (bicyclic) bond motifs is 1. The largest absolute Gasteiger partial charge is 0.476 e. The van der Waals surface area contributed by atoms with Crippen LogP contribution in [0.5, 0.6) is 5.75 Å². The second-order valence-electron chi connectivity index (χ2n) is 6.18. The van der Waals surface area contributed by atoms with Gasteiger partial charge in [-0.05, 0) is 42.3 Å². The highest BCUT2D eigenvalue weighted by molar-refractivity contribution is 7.92. The Morgan fingerprint density at radius 3 is 2.67 bits per heavy atom. The molecule has 6 nitrogen and oxygen atoms in total. The summed E-state index contributed by atoms with van der Waals surface area (Å²) >= 11 is 5.95. The van der Waals surface area contributed by atoms with Gasteiger partial charge >= 0.3 is 0 Å². The highest BCUT2D eigenvalue weighted by Gasteiger charge is 2.35. The van der Waals surface area contributed by atoms with E-state index in [0.29, 0.717) is 23.7 Å². The Balaban J connectivity index is 1.68. The molecule has 0 aliphatic carbocycles. The molecule has 0 bridgehead atoms. The van der Waals surface area contributed by atoms with Crippen LogP contribution in [0.4, 0.5) is 10.1 Å². The standard InChI is InChI=1S/C18H18ClFN2O4S/c1-27(24,25)22-11-17(26-16-7-4-13(19)10-15(16)22)18(23)21-9-8-12-2-5-14(20)6-3-12/h2-7,10,17H,8-9,11H2,1H3,(H,21,23). The summed E-state index contributed by atoms with van der Waals surface area (Å²) in [5.74, 6) is -0.473. The predicted molar refractivity (Wildman–Crippen MR) is 101 cm³/mol. The van der Waals surface area contributed by atoms with Gasteiger partial charge in [0.15, 0.2) is 6.10 Å². The third kappa shape index (κ3) is 4.70. The average molecular weight is 413 g/mol. The van der Waals surface area contributed by atoms with Crippen LogP contribution in [-0.2, 0) is 21.2 Å². The van der Waals surface area contributed by atoms with Crippen molar-refractivity contribution in [3.8, 4) is 5.75 Å². The Kier molecular flexibility index (Phi) is 5.57. The van der Waals surface area contributed by atoms with Gasteiger partial charge in [-0.25, -0.2) is 12.8 Å². The number of hydrogen-bond donors (Lipinski definition) is 1. The monoisotopic (exact) mass is 412 g/mol. The summed E-state index contributed by atoms with van der Waals surface area (Å²) in [4.78, 5) is 12.4. The van der Waals surface area contributed by atoms with Crippen LogP contribution in [0.2, 0.25) is 5.02 Å². The number of rotatable bonds is 5. The van der Waals surface area contributed by atoms with Crippen molar-refractivity contribution >= 4 is 33.2 Å². The molecule has 2 aromatic rings. The number of halogens is 2. The quantitative estimate of drug-likeness (QED) is 0.818. The molecule has 0 fully saturated rings. The van der Waals surface area contributed by atoms with Crippen LogP contribution < -0.4 is 14.4 Å². The molecule has 9 heteroatoms. The summed E-state index contributed by atoms with van der Waals surface area (Å²) in [6, 6.07) is 10.6. The molecule has 0 saturated heterocycles. The maximum atomic E-state index is 12.9. The fourth-order valence-electron chi connectivity index (χ4n) is 2.77. The molecule has 0 aromatic heterocycles. The summed E-state index contributed by atoms with van der Waals surface area (Å²) in [5, 5.41) is 3.09. The van der Waals surface area contributed by atoms with Crippen molar-refractivity contribution in [1.29, 1.82) is 0 Å². The topological polar surface area (TPSA) is 75.7 Å². The maximum Gasteiger partial charge on any atom is 0.263 e. The van der Waals surface area contributed by atoms with Crippen molar-refractivity contribution in [2.75, 3.05) is 23.7 Å².